The fraction of sp³-hybridized carbons (Fsp3) is 0.500. The Morgan fingerprint density at radius 3 is 2.61 bits per heavy atom. The van der Waals surface area contributed by atoms with Crippen LogP contribution in [0.3, 0.4) is 0 Å². The first-order chi connectivity index (χ1) is 14.9. The molecule has 1 N–H and O–H groups in total. The van der Waals surface area contributed by atoms with Gasteiger partial charge in [0.15, 0.2) is 0 Å². The van der Waals surface area contributed by atoms with Crippen LogP contribution in [0, 0.1) is 5.92 Å². The van der Waals surface area contributed by atoms with Crippen molar-refractivity contribution in [3.63, 3.8) is 0 Å². The van der Waals surface area contributed by atoms with Gasteiger partial charge in [0.2, 0.25) is 0 Å². The lowest BCUT2D eigenvalue weighted by Gasteiger charge is -2.25. The molecule has 1 aliphatic heterocycles. The van der Waals surface area contributed by atoms with Gasteiger partial charge < -0.3 is 14.8 Å². The highest BCUT2D eigenvalue weighted by atomic mass is 16.5. The molecule has 168 valence electrons. The van der Waals surface area contributed by atoms with Crippen LogP contribution in [0.25, 0.3) is 0 Å². The minimum Gasteiger partial charge on any atom is -0.491 e. The summed E-state index contributed by atoms with van der Waals surface area (Å²) in [4.78, 5) is 15.0. The molecule has 1 heterocycles. The Labute approximate surface area is 186 Å². The van der Waals surface area contributed by atoms with Crippen molar-refractivity contribution < 1.29 is 14.3 Å². The first-order valence-electron chi connectivity index (χ1n) is 11.3. The van der Waals surface area contributed by atoms with Crippen LogP contribution in [0.1, 0.15) is 54.7 Å². The molecule has 2 aromatic carbocycles. The zero-order valence-corrected chi connectivity index (χ0v) is 19.3. The van der Waals surface area contributed by atoms with E-state index < -0.39 is 0 Å². The van der Waals surface area contributed by atoms with E-state index in [-0.39, 0.29) is 11.9 Å². The second-order valence-electron chi connectivity index (χ2n) is 9.04. The maximum absolute atomic E-state index is 12.5. The van der Waals surface area contributed by atoms with Crippen LogP contribution in [0.5, 0.6) is 5.75 Å². The van der Waals surface area contributed by atoms with E-state index in [1.807, 2.05) is 32.0 Å². The van der Waals surface area contributed by atoms with Crippen LogP contribution < -0.4 is 10.1 Å². The molecular formula is C26H36N2O3. The molecule has 0 saturated heterocycles. The summed E-state index contributed by atoms with van der Waals surface area (Å²) < 4.78 is 11.9. The normalized spacial score (nSPS) is 15.8. The molecule has 1 aliphatic rings. The molecule has 0 atom stereocenters. The Bertz CT molecular complexity index is 863. The smallest absolute Gasteiger partial charge is 0.251 e. The first-order valence-corrected chi connectivity index (χ1v) is 11.3. The number of nitrogens with zero attached hydrogens (tertiary/aromatic N) is 1. The molecule has 0 radical (unpaired) electrons. The van der Waals surface area contributed by atoms with E-state index in [1.54, 1.807) is 0 Å². The van der Waals surface area contributed by atoms with Crippen molar-refractivity contribution in [2.24, 2.45) is 5.92 Å². The third-order valence-electron chi connectivity index (χ3n) is 5.20. The molecule has 2 aromatic rings. The van der Waals surface area contributed by atoms with Crippen molar-refractivity contribution >= 4 is 5.91 Å². The van der Waals surface area contributed by atoms with Gasteiger partial charge in [-0.3, -0.25) is 9.69 Å². The highest BCUT2D eigenvalue weighted by Gasteiger charge is 2.14. The van der Waals surface area contributed by atoms with E-state index >= 15 is 0 Å². The van der Waals surface area contributed by atoms with Gasteiger partial charge in [0.05, 0.1) is 13.2 Å². The fourth-order valence-electron chi connectivity index (χ4n) is 3.92. The summed E-state index contributed by atoms with van der Waals surface area (Å²) in [6, 6.07) is 14.5. The Morgan fingerprint density at radius 2 is 1.84 bits per heavy atom. The van der Waals surface area contributed by atoms with E-state index in [4.69, 9.17) is 9.47 Å². The Kier molecular flexibility index (Phi) is 8.50. The predicted molar refractivity (Wildman–Crippen MR) is 125 cm³/mol. The van der Waals surface area contributed by atoms with Gasteiger partial charge in [0.25, 0.3) is 5.91 Å². The van der Waals surface area contributed by atoms with Gasteiger partial charge >= 0.3 is 0 Å². The van der Waals surface area contributed by atoms with E-state index in [9.17, 15) is 4.79 Å². The number of carbonyl (C=O) groups is 1. The summed E-state index contributed by atoms with van der Waals surface area (Å²) >= 11 is 0. The van der Waals surface area contributed by atoms with E-state index in [0.717, 1.165) is 37.4 Å². The van der Waals surface area contributed by atoms with Crippen LogP contribution >= 0.6 is 0 Å². The Morgan fingerprint density at radius 1 is 1.03 bits per heavy atom. The van der Waals surface area contributed by atoms with Crippen molar-refractivity contribution in [3.8, 4) is 5.75 Å². The van der Waals surface area contributed by atoms with Crippen LogP contribution in [0.4, 0.5) is 0 Å². The number of rotatable bonds is 4. The first kappa shape index (κ1) is 23.3. The van der Waals surface area contributed by atoms with Crippen molar-refractivity contribution in [3.05, 3.63) is 64.7 Å². The summed E-state index contributed by atoms with van der Waals surface area (Å²) in [6.07, 6.45) is 0.719. The second-order valence-corrected chi connectivity index (χ2v) is 9.04. The molecule has 1 amide bonds. The SMILES string of the molecule is CC(C)CN1CCOCCOc2ccc(C(=O)NC(C)C)cc2Cc2cccc(c2)C1. The van der Waals surface area contributed by atoms with E-state index in [0.29, 0.717) is 31.3 Å². The lowest BCUT2D eigenvalue weighted by atomic mass is 9.99. The molecule has 0 spiro atoms. The molecule has 31 heavy (non-hydrogen) atoms. The van der Waals surface area contributed by atoms with Crippen LogP contribution in [-0.4, -0.2) is 49.8 Å². The number of benzene rings is 2. The summed E-state index contributed by atoms with van der Waals surface area (Å²) in [5.74, 6) is 1.36. The monoisotopic (exact) mass is 424 g/mol. The third kappa shape index (κ3) is 7.37. The molecule has 0 unspecified atom stereocenters. The number of fused-ring (bicyclic) bond motifs is 3. The predicted octanol–water partition coefficient (Wildman–Crippen LogP) is 4.28. The number of amides is 1. The standard InChI is InChI=1S/C26H36N2O3/c1-19(2)17-28-10-11-30-12-13-31-25-9-8-23(26(29)27-20(3)4)16-24(25)15-21-6-5-7-22(14-21)18-28/h5-9,14,16,19-20H,10-13,15,17-18H2,1-4H3,(H,27,29). The molecule has 5 nitrogen and oxygen atoms in total. The minimum absolute atomic E-state index is 0.0568. The number of ether oxygens (including phenoxy) is 2. The summed E-state index contributed by atoms with van der Waals surface area (Å²) in [5.41, 5.74) is 4.20. The lowest BCUT2D eigenvalue weighted by Crippen LogP contribution is -2.31. The van der Waals surface area contributed by atoms with Gasteiger partial charge in [0, 0.05) is 37.7 Å². The van der Waals surface area contributed by atoms with Gasteiger partial charge in [-0.2, -0.15) is 0 Å². The molecular weight excluding hydrogens is 388 g/mol. The van der Waals surface area contributed by atoms with Crippen molar-refractivity contribution in [2.45, 2.75) is 46.7 Å². The highest BCUT2D eigenvalue weighted by Crippen LogP contribution is 2.25. The average molecular weight is 425 g/mol. The molecule has 0 saturated carbocycles. The summed E-state index contributed by atoms with van der Waals surface area (Å²) in [6.45, 7) is 13.0. The van der Waals surface area contributed by atoms with E-state index in [1.165, 1.54) is 11.1 Å². The molecule has 3 rings (SSSR count). The number of hydrogen-bond donors (Lipinski definition) is 1. The van der Waals surface area contributed by atoms with Gasteiger partial charge in [-0.25, -0.2) is 0 Å². The maximum atomic E-state index is 12.5. The number of carbonyl (C=O) groups excluding carboxylic acids is 1. The second kappa shape index (κ2) is 11.3. The highest BCUT2D eigenvalue weighted by molar-refractivity contribution is 5.94. The van der Waals surface area contributed by atoms with Gasteiger partial charge in [0.1, 0.15) is 12.4 Å². The largest absolute Gasteiger partial charge is 0.491 e. The van der Waals surface area contributed by atoms with Crippen LogP contribution in [0.15, 0.2) is 42.5 Å². The molecule has 0 aliphatic carbocycles. The quantitative estimate of drug-likeness (QED) is 0.796. The number of nitrogens with one attached hydrogen (secondary N) is 1. The topological polar surface area (TPSA) is 50.8 Å². The van der Waals surface area contributed by atoms with Crippen molar-refractivity contribution in [1.29, 1.82) is 0 Å². The average Bonchev–Trinajstić information content (AvgIpc) is 2.70. The van der Waals surface area contributed by atoms with Crippen LogP contribution in [0.2, 0.25) is 0 Å². The van der Waals surface area contributed by atoms with Crippen molar-refractivity contribution in [2.75, 3.05) is 32.9 Å². The molecule has 2 bridgehead atoms. The van der Waals surface area contributed by atoms with E-state index in [2.05, 4.69) is 48.3 Å². The summed E-state index contributed by atoms with van der Waals surface area (Å²) in [5, 5.41) is 2.97. The van der Waals surface area contributed by atoms with Crippen LogP contribution in [-0.2, 0) is 17.7 Å². The molecule has 0 fully saturated rings. The van der Waals surface area contributed by atoms with Gasteiger partial charge in [-0.1, -0.05) is 38.1 Å². The fourth-order valence-corrected chi connectivity index (χ4v) is 3.92. The molecule has 0 aromatic heterocycles. The lowest BCUT2D eigenvalue weighted by molar-refractivity contribution is 0.0746. The maximum Gasteiger partial charge on any atom is 0.251 e. The van der Waals surface area contributed by atoms with Gasteiger partial charge in [-0.05, 0) is 54.7 Å². The minimum atomic E-state index is -0.0568. The summed E-state index contributed by atoms with van der Waals surface area (Å²) in [7, 11) is 0. The number of hydrogen-bond acceptors (Lipinski definition) is 4. The Hall–Kier alpha value is -2.37. The molecule has 5 heteroatoms. The zero-order valence-electron chi connectivity index (χ0n) is 19.3. The third-order valence-corrected chi connectivity index (χ3v) is 5.20. The van der Waals surface area contributed by atoms with Crippen molar-refractivity contribution in [1.82, 2.24) is 10.2 Å². The Balaban J connectivity index is 1.88. The van der Waals surface area contributed by atoms with Gasteiger partial charge in [-0.15, -0.1) is 0 Å². The zero-order chi connectivity index (χ0) is 22.2.